The van der Waals surface area contributed by atoms with Crippen molar-refractivity contribution in [3.05, 3.63) is 0 Å². The van der Waals surface area contributed by atoms with Crippen LogP contribution in [0.2, 0.25) is 0 Å². The molecule has 0 N–H and O–H groups in total. The average Bonchev–Trinajstić information content (AvgIpc) is 2.61. The van der Waals surface area contributed by atoms with E-state index in [2.05, 4.69) is 0 Å². The molecule has 1 fully saturated rings. The summed E-state index contributed by atoms with van der Waals surface area (Å²) in [6, 6.07) is 0. The zero-order valence-electron chi connectivity index (χ0n) is 10.1. The van der Waals surface area contributed by atoms with Crippen molar-refractivity contribution in [3.8, 4) is 0 Å². The van der Waals surface area contributed by atoms with E-state index in [0.717, 1.165) is 13.0 Å². The highest BCUT2D eigenvalue weighted by Gasteiger charge is 2.26. The predicted molar refractivity (Wildman–Crippen MR) is 57.7 cm³/mol. The summed E-state index contributed by atoms with van der Waals surface area (Å²) in [6.45, 7) is 7.49. The van der Waals surface area contributed by atoms with Crippen molar-refractivity contribution in [1.82, 2.24) is 4.90 Å². The third-order valence-electron chi connectivity index (χ3n) is 2.46. The summed E-state index contributed by atoms with van der Waals surface area (Å²) >= 11 is 0. The van der Waals surface area contributed by atoms with Crippen LogP contribution < -0.4 is 0 Å². The number of amides is 1. The molecule has 1 amide bonds. The van der Waals surface area contributed by atoms with Crippen LogP contribution in [-0.4, -0.2) is 49.3 Å². The monoisotopic (exact) mass is 215 g/mol. The Kier molecular flexibility index (Phi) is 4.11. The molecular weight excluding hydrogens is 194 g/mol. The number of rotatable bonds is 3. The van der Waals surface area contributed by atoms with Gasteiger partial charge in [0.1, 0.15) is 6.61 Å². The lowest BCUT2D eigenvalue weighted by atomic mass is 10.2. The van der Waals surface area contributed by atoms with Gasteiger partial charge in [0.25, 0.3) is 0 Å². The van der Waals surface area contributed by atoms with Gasteiger partial charge in [0.05, 0.1) is 11.7 Å². The smallest absolute Gasteiger partial charge is 0.248 e. The molecule has 1 saturated heterocycles. The van der Waals surface area contributed by atoms with E-state index < -0.39 is 0 Å². The lowest BCUT2D eigenvalue weighted by Gasteiger charge is -2.22. The molecule has 0 bridgehead atoms. The summed E-state index contributed by atoms with van der Waals surface area (Å²) in [4.78, 5) is 13.5. The van der Waals surface area contributed by atoms with E-state index >= 15 is 0 Å². The standard InChI is InChI=1S/C11H21NO3/c1-11(2,3)15-8-10(13)12-6-5-9(7-12)14-4/h9H,5-8H2,1-4H3. The van der Waals surface area contributed by atoms with Crippen LogP contribution in [0.4, 0.5) is 0 Å². The largest absolute Gasteiger partial charge is 0.380 e. The van der Waals surface area contributed by atoms with Crippen LogP contribution in [0.3, 0.4) is 0 Å². The van der Waals surface area contributed by atoms with Crippen molar-refractivity contribution in [2.24, 2.45) is 0 Å². The van der Waals surface area contributed by atoms with E-state index in [1.807, 2.05) is 20.8 Å². The molecule has 1 atom stereocenters. The van der Waals surface area contributed by atoms with Crippen LogP contribution in [0, 0.1) is 0 Å². The number of hydrogen-bond donors (Lipinski definition) is 0. The summed E-state index contributed by atoms with van der Waals surface area (Å²) in [7, 11) is 1.68. The molecule has 0 aromatic heterocycles. The van der Waals surface area contributed by atoms with Crippen molar-refractivity contribution < 1.29 is 14.3 Å². The molecule has 1 aliphatic rings. The van der Waals surface area contributed by atoms with Crippen molar-refractivity contribution in [3.63, 3.8) is 0 Å². The molecule has 88 valence electrons. The number of methoxy groups -OCH3 is 1. The van der Waals surface area contributed by atoms with E-state index in [-0.39, 0.29) is 24.2 Å². The Morgan fingerprint density at radius 1 is 1.47 bits per heavy atom. The highest BCUT2D eigenvalue weighted by Crippen LogP contribution is 2.13. The minimum absolute atomic E-state index is 0.0597. The second kappa shape index (κ2) is 4.94. The highest BCUT2D eigenvalue weighted by atomic mass is 16.5. The fourth-order valence-corrected chi connectivity index (χ4v) is 1.52. The summed E-state index contributed by atoms with van der Waals surface area (Å²) in [5, 5.41) is 0. The maximum absolute atomic E-state index is 11.7. The third kappa shape index (κ3) is 4.18. The number of ether oxygens (including phenoxy) is 2. The van der Waals surface area contributed by atoms with Gasteiger partial charge < -0.3 is 14.4 Å². The Hall–Kier alpha value is -0.610. The SMILES string of the molecule is COC1CCN(C(=O)COC(C)(C)C)C1. The quantitative estimate of drug-likeness (QED) is 0.706. The molecule has 15 heavy (non-hydrogen) atoms. The van der Waals surface area contributed by atoms with Gasteiger partial charge in [-0.05, 0) is 27.2 Å². The number of likely N-dealkylation sites (tertiary alicyclic amines) is 1. The van der Waals surface area contributed by atoms with Gasteiger partial charge in [0.2, 0.25) is 5.91 Å². The molecule has 1 unspecified atom stereocenters. The first kappa shape index (κ1) is 12.5. The number of hydrogen-bond acceptors (Lipinski definition) is 3. The lowest BCUT2D eigenvalue weighted by Crippen LogP contribution is -2.35. The number of nitrogens with zero attached hydrogens (tertiary/aromatic N) is 1. The Labute approximate surface area is 91.5 Å². The van der Waals surface area contributed by atoms with Gasteiger partial charge >= 0.3 is 0 Å². The summed E-state index contributed by atoms with van der Waals surface area (Å²) in [5.74, 6) is 0.0597. The lowest BCUT2D eigenvalue weighted by molar-refractivity contribution is -0.140. The van der Waals surface area contributed by atoms with Gasteiger partial charge in [-0.2, -0.15) is 0 Å². The Bertz CT molecular complexity index is 222. The normalized spacial score (nSPS) is 22.1. The van der Waals surface area contributed by atoms with Crippen LogP contribution in [0.15, 0.2) is 0 Å². The molecule has 0 aromatic rings. The Morgan fingerprint density at radius 3 is 2.60 bits per heavy atom. The van der Waals surface area contributed by atoms with Gasteiger partial charge in [0.15, 0.2) is 0 Å². The predicted octanol–water partition coefficient (Wildman–Crippen LogP) is 1.05. The average molecular weight is 215 g/mol. The van der Waals surface area contributed by atoms with Gasteiger partial charge in [-0.3, -0.25) is 4.79 Å². The molecule has 0 saturated carbocycles. The number of carbonyl (C=O) groups excluding carboxylic acids is 1. The summed E-state index contributed by atoms with van der Waals surface area (Å²) in [6.07, 6.45) is 1.13. The Morgan fingerprint density at radius 2 is 2.13 bits per heavy atom. The first-order valence-electron chi connectivity index (χ1n) is 5.37. The maximum atomic E-state index is 11.7. The minimum Gasteiger partial charge on any atom is -0.380 e. The minimum atomic E-state index is -0.254. The molecule has 0 spiro atoms. The fraction of sp³-hybridized carbons (Fsp3) is 0.909. The molecule has 1 aliphatic heterocycles. The number of carbonyl (C=O) groups is 1. The summed E-state index contributed by atoms with van der Waals surface area (Å²) < 4.78 is 10.6. The second-order valence-electron chi connectivity index (χ2n) is 4.89. The van der Waals surface area contributed by atoms with E-state index in [1.54, 1.807) is 12.0 Å². The second-order valence-corrected chi connectivity index (χ2v) is 4.89. The van der Waals surface area contributed by atoms with Crippen LogP contribution >= 0.6 is 0 Å². The molecular formula is C11H21NO3. The third-order valence-corrected chi connectivity index (χ3v) is 2.46. The first-order valence-corrected chi connectivity index (χ1v) is 5.37. The van der Waals surface area contributed by atoms with Crippen molar-refractivity contribution in [2.75, 3.05) is 26.8 Å². The molecule has 1 heterocycles. The first-order chi connectivity index (χ1) is 6.92. The van der Waals surface area contributed by atoms with Crippen LogP contribution in [0.1, 0.15) is 27.2 Å². The van der Waals surface area contributed by atoms with E-state index in [0.29, 0.717) is 6.54 Å². The van der Waals surface area contributed by atoms with Crippen LogP contribution in [-0.2, 0) is 14.3 Å². The van der Waals surface area contributed by atoms with Crippen LogP contribution in [0.25, 0.3) is 0 Å². The van der Waals surface area contributed by atoms with E-state index in [1.165, 1.54) is 0 Å². The maximum Gasteiger partial charge on any atom is 0.248 e. The van der Waals surface area contributed by atoms with Gasteiger partial charge in [-0.15, -0.1) is 0 Å². The highest BCUT2D eigenvalue weighted by molar-refractivity contribution is 5.77. The van der Waals surface area contributed by atoms with Crippen molar-refractivity contribution >= 4 is 5.91 Å². The molecule has 4 heteroatoms. The Balaban J connectivity index is 2.30. The molecule has 4 nitrogen and oxygen atoms in total. The molecule has 0 aromatic carbocycles. The van der Waals surface area contributed by atoms with E-state index in [4.69, 9.17) is 9.47 Å². The molecule has 1 rings (SSSR count). The topological polar surface area (TPSA) is 38.8 Å². The molecule has 0 aliphatic carbocycles. The zero-order chi connectivity index (χ0) is 11.5. The van der Waals surface area contributed by atoms with Gasteiger partial charge in [0, 0.05) is 20.2 Å². The van der Waals surface area contributed by atoms with Crippen molar-refractivity contribution in [2.45, 2.75) is 38.9 Å². The van der Waals surface area contributed by atoms with Gasteiger partial charge in [-0.1, -0.05) is 0 Å². The van der Waals surface area contributed by atoms with E-state index in [9.17, 15) is 4.79 Å². The zero-order valence-corrected chi connectivity index (χ0v) is 10.1. The molecule has 0 radical (unpaired) electrons. The van der Waals surface area contributed by atoms with Gasteiger partial charge in [-0.25, -0.2) is 0 Å². The fourth-order valence-electron chi connectivity index (χ4n) is 1.52. The van der Waals surface area contributed by atoms with Crippen molar-refractivity contribution in [1.29, 1.82) is 0 Å². The summed E-state index contributed by atoms with van der Waals surface area (Å²) in [5.41, 5.74) is -0.254. The van der Waals surface area contributed by atoms with Crippen LogP contribution in [0.5, 0.6) is 0 Å².